The van der Waals surface area contributed by atoms with Gasteiger partial charge in [-0.15, -0.1) is 0 Å². The van der Waals surface area contributed by atoms with Crippen molar-refractivity contribution in [1.82, 2.24) is 3.96 Å². The van der Waals surface area contributed by atoms with E-state index in [9.17, 15) is 0 Å². The Morgan fingerprint density at radius 1 is 1.11 bits per heavy atom. The van der Waals surface area contributed by atoms with Gasteiger partial charge in [0.15, 0.2) is 0 Å². The first-order valence-electron chi connectivity index (χ1n) is 8.92. The van der Waals surface area contributed by atoms with Crippen LogP contribution >= 0.6 is 23.8 Å². The van der Waals surface area contributed by atoms with Crippen molar-refractivity contribution in [3.05, 3.63) is 52.0 Å². The first kappa shape index (κ1) is 18.1. The normalized spacial score (nSPS) is 14.1. The van der Waals surface area contributed by atoms with Crippen molar-refractivity contribution in [2.75, 3.05) is 19.0 Å². The second-order valence-electron chi connectivity index (χ2n) is 6.93. The summed E-state index contributed by atoms with van der Waals surface area (Å²) in [4.78, 5) is 1.21. The predicted octanol–water partition coefficient (Wildman–Crippen LogP) is 6.00. The summed E-state index contributed by atoms with van der Waals surface area (Å²) in [6, 6.07) is 14.1. The molecular weight excluding hydrogens is 376 g/mol. The van der Waals surface area contributed by atoms with Crippen LogP contribution in [-0.4, -0.2) is 17.7 Å². The van der Waals surface area contributed by atoms with Crippen molar-refractivity contribution in [1.29, 1.82) is 0 Å². The molecule has 3 aromatic rings. The van der Waals surface area contributed by atoms with E-state index in [0.29, 0.717) is 6.61 Å². The third-order valence-electron chi connectivity index (χ3n) is 4.71. The highest BCUT2D eigenvalue weighted by Gasteiger charge is 2.36. The van der Waals surface area contributed by atoms with Crippen LogP contribution in [0.1, 0.15) is 25.6 Å². The van der Waals surface area contributed by atoms with Crippen LogP contribution < -0.4 is 14.8 Å². The summed E-state index contributed by atoms with van der Waals surface area (Å²) in [5.74, 6) is 1.67. The van der Waals surface area contributed by atoms with E-state index in [0.717, 1.165) is 38.6 Å². The van der Waals surface area contributed by atoms with Gasteiger partial charge in [-0.3, -0.25) is 3.96 Å². The summed E-state index contributed by atoms with van der Waals surface area (Å²) in [6.45, 7) is 6.97. The lowest BCUT2D eigenvalue weighted by Crippen LogP contribution is -2.30. The minimum atomic E-state index is -0.263. The maximum Gasteiger partial charge on any atom is 0.143 e. The van der Waals surface area contributed by atoms with Crippen molar-refractivity contribution >= 4 is 29.4 Å². The summed E-state index contributed by atoms with van der Waals surface area (Å²) in [6.07, 6.45) is 0. The maximum atomic E-state index is 5.94. The van der Waals surface area contributed by atoms with Crippen LogP contribution in [-0.2, 0) is 5.54 Å². The molecule has 0 saturated carbocycles. The van der Waals surface area contributed by atoms with Crippen LogP contribution in [0.25, 0.3) is 16.8 Å². The van der Waals surface area contributed by atoms with Crippen molar-refractivity contribution in [2.45, 2.75) is 26.3 Å². The second-order valence-corrected chi connectivity index (χ2v) is 8.27. The number of fused-ring (bicyclic) bond motifs is 3. The Morgan fingerprint density at radius 2 is 1.85 bits per heavy atom. The third-order valence-corrected chi connectivity index (χ3v) is 6.67. The van der Waals surface area contributed by atoms with E-state index in [2.05, 4.69) is 29.2 Å². The van der Waals surface area contributed by atoms with Gasteiger partial charge in [0.05, 0.1) is 35.5 Å². The Morgan fingerprint density at radius 3 is 2.59 bits per heavy atom. The van der Waals surface area contributed by atoms with Gasteiger partial charge in [0, 0.05) is 11.1 Å². The third kappa shape index (κ3) is 2.84. The van der Waals surface area contributed by atoms with Gasteiger partial charge in [-0.05, 0) is 39.0 Å². The van der Waals surface area contributed by atoms with Gasteiger partial charge in [-0.1, -0.05) is 48.0 Å². The predicted molar refractivity (Wildman–Crippen MR) is 114 cm³/mol. The zero-order valence-corrected chi connectivity index (χ0v) is 17.5. The molecular formula is C21H22N2O2S2. The highest BCUT2D eigenvalue weighted by Crippen LogP contribution is 2.50. The fourth-order valence-corrected chi connectivity index (χ4v) is 5.18. The van der Waals surface area contributed by atoms with Crippen LogP contribution in [0.5, 0.6) is 11.5 Å². The molecule has 1 aromatic heterocycles. The Hall–Kier alpha value is -2.31. The van der Waals surface area contributed by atoms with Gasteiger partial charge in [-0.25, -0.2) is 0 Å². The zero-order chi connectivity index (χ0) is 19.2. The molecule has 1 N–H and O–H groups in total. The average molecular weight is 399 g/mol. The Bertz CT molecular complexity index is 1070. The van der Waals surface area contributed by atoms with Gasteiger partial charge >= 0.3 is 0 Å². The van der Waals surface area contributed by atoms with Crippen molar-refractivity contribution in [3.8, 4) is 28.3 Å². The van der Waals surface area contributed by atoms with Crippen LogP contribution in [0.3, 0.4) is 0 Å². The molecule has 1 aliphatic heterocycles. The lowest BCUT2D eigenvalue weighted by molar-refractivity contribution is 0.341. The number of nitrogens with zero attached hydrogens (tertiary/aromatic N) is 1. The quantitative estimate of drug-likeness (QED) is 0.547. The van der Waals surface area contributed by atoms with Crippen molar-refractivity contribution in [3.63, 3.8) is 0 Å². The monoisotopic (exact) mass is 398 g/mol. The van der Waals surface area contributed by atoms with E-state index in [-0.39, 0.29) is 5.54 Å². The van der Waals surface area contributed by atoms with Crippen LogP contribution in [0, 0.1) is 4.64 Å². The van der Waals surface area contributed by atoms with E-state index in [1.807, 2.05) is 43.3 Å². The highest BCUT2D eigenvalue weighted by atomic mass is 32.1. The fourth-order valence-electron chi connectivity index (χ4n) is 3.51. The standard InChI is InChI=1S/C21H22N2O2S2/c1-5-25-16-12-8-9-13-17-19(21(2,3)22-18(13)16)27-23(20(17)26)14-10-6-7-11-15(14)24-4/h6-12,22H,5H2,1-4H3. The van der Waals surface area contributed by atoms with Gasteiger partial charge in [0.1, 0.15) is 16.1 Å². The second kappa shape index (κ2) is 6.69. The van der Waals surface area contributed by atoms with Crippen LogP contribution in [0.2, 0.25) is 0 Å². The topological polar surface area (TPSA) is 35.4 Å². The molecule has 27 heavy (non-hydrogen) atoms. The number of hydrogen-bond donors (Lipinski definition) is 1. The lowest BCUT2D eigenvalue weighted by atomic mass is 9.89. The Balaban J connectivity index is 2.00. The molecule has 0 unspecified atom stereocenters. The fraction of sp³-hybridized carbons (Fsp3) is 0.286. The molecule has 4 nitrogen and oxygen atoms in total. The van der Waals surface area contributed by atoms with E-state index >= 15 is 0 Å². The smallest absolute Gasteiger partial charge is 0.143 e. The number of ether oxygens (including phenoxy) is 2. The van der Waals surface area contributed by atoms with E-state index in [1.54, 1.807) is 18.6 Å². The van der Waals surface area contributed by atoms with Crippen LogP contribution in [0.15, 0.2) is 42.5 Å². The molecule has 4 rings (SSSR count). The minimum Gasteiger partial charge on any atom is -0.495 e. The van der Waals surface area contributed by atoms with Gasteiger partial charge in [0.2, 0.25) is 0 Å². The molecule has 0 saturated heterocycles. The number of para-hydroxylation sites is 3. The van der Waals surface area contributed by atoms with Gasteiger partial charge in [-0.2, -0.15) is 0 Å². The molecule has 2 heterocycles. The van der Waals surface area contributed by atoms with Gasteiger partial charge < -0.3 is 14.8 Å². The number of nitrogens with one attached hydrogen (secondary N) is 1. The SMILES string of the molecule is CCOc1cccc2c1NC(C)(C)c1sn(-c3ccccc3OC)c(=S)c1-2. The minimum absolute atomic E-state index is 0.263. The molecule has 6 heteroatoms. The molecule has 0 amide bonds. The number of aromatic nitrogens is 1. The zero-order valence-electron chi connectivity index (χ0n) is 15.8. The Kier molecular flexibility index (Phi) is 4.48. The highest BCUT2D eigenvalue weighted by molar-refractivity contribution is 7.71. The molecule has 0 bridgehead atoms. The number of hydrogen-bond acceptors (Lipinski definition) is 5. The van der Waals surface area contributed by atoms with Crippen molar-refractivity contribution < 1.29 is 9.47 Å². The molecule has 0 spiro atoms. The summed E-state index contributed by atoms with van der Waals surface area (Å²) >= 11 is 7.60. The molecule has 0 atom stereocenters. The molecule has 0 radical (unpaired) electrons. The first-order valence-corrected chi connectivity index (χ1v) is 10.1. The number of methoxy groups -OCH3 is 1. The van der Waals surface area contributed by atoms with E-state index in [4.69, 9.17) is 21.7 Å². The van der Waals surface area contributed by atoms with E-state index < -0.39 is 0 Å². The van der Waals surface area contributed by atoms with Gasteiger partial charge in [0.25, 0.3) is 0 Å². The molecule has 1 aliphatic rings. The molecule has 140 valence electrons. The first-order chi connectivity index (χ1) is 13.0. The summed E-state index contributed by atoms with van der Waals surface area (Å²) < 4.78 is 14.3. The van der Waals surface area contributed by atoms with Crippen LogP contribution in [0.4, 0.5) is 5.69 Å². The van der Waals surface area contributed by atoms with E-state index in [1.165, 1.54) is 4.88 Å². The summed E-state index contributed by atoms with van der Waals surface area (Å²) in [5, 5.41) is 3.66. The lowest BCUT2D eigenvalue weighted by Gasteiger charge is -2.34. The molecule has 0 aliphatic carbocycles. The summed E-state index contributed by atoms with van der Waals surface area (Å²) in [5.41, 5.74) is 3.89. The maximum absolute atomic E-state index is 5.94. The average Bonchev–Trinajstić information content (AvgIpc) is 3.01. The molecule has 2 aromatic carbocycles. The number of rotatable bonds is 4. The summed E-state index contributed by atoms with van der Waals surface area (Å²) in [7, 11) is 1.69. The largest absolute Gasteiger partial charge is 0.495 e. The number of benzene rings is 2. The van der Waals surface area contributed by atoms with Crippen molar-refractivity contribution in [2.24, 2.45) is 0 Å². The number of anilines is 1. The Labute approximate surface area is 168 Å². The molecule has 0 fully saturated rings.